The van der Waals surface area contributed by atoms with Gasteiger partial charge >= 0.3 is 0 Å². The molecule has 1 saturated heterocycles. The highest BCUT2D eigenvalue weighted by atomic mass is 16.5. The molecular weight excluding hydrogens is 404 g/mol. The number of hydrogen-bond acceptors (Lipinski definition) is 4. The number of carbonyl (C=O) groups excluding carboxylic acids is 2. The van der Waals surface area contributed by atoms with Crippen molar-refractivity contribution in [2.45, 2.75) is 20.3 Å². The Morgan fingerprint density at radius 3 is 2.28 bits per heavy atom. The van der Waals surface area contributed by atoms with Crippen molar-refractivity contribution in [3.63, 3.8) is 0 Å². The summed E-state index contributed by atoms with van der Waals surface area (Å²) in [6.45, 7) is 6.20. The van der Waals surface area contributed by atoms with Crippen LogP contribution in [0.15, 0.2) is 48.5 Å². The van der Waals surface area contributed by atoms with Crippen molar-refractivity contribution in [3.05, 3.63) is 70.9 Å². The normalized spacial score (nSPS) is 13.8. The number of aryl methyl sites for hydroxylation is 2. The van der Waals surface area contributed by atoms with E-state index in [1.54, 1.807) is 18.1 Å². The van der Waals surface area contributed by atoms with E-state index >= 15 is 0 Å². The summed E-state index contributed by atoms with van der Waals surface area (Å²) < 4.78 is 5.16. The number of rotatable bonds is 5. The standard InChI is InChI=1S/C25H28N4O3/c1-17-4-7-20(14-18(17)2)22-16-23(27-26-22)25(31)29-12-10-28(11-13-29)24(30)15-19-5-8-21(32-3)9-6-19/h4-9,14,16H,10-13,15H2,1-3H3,(H,26,27). The van der Waals surface area contributed by atoms with E-state index in [-0.39, 0.29) is 11.8 Å². The summed E-state index contributed by atoms with van der Waals surface area (Å²) in [5.74, 6) is 0.753. The number of amides is 2. The molecule has 166 valence electrons. The first-order valence-corrected chi connectivity index (χ1v) is 10.8. The number of H-pyrrole nitrogens is 1. The van der Waals surface area contributed by atoms with Crippen LogP contribution in [0.5, 0.6) is 5.75 Å². The van der Waals surface area contributed by atoms with Crippen molar-refractivity contribution in [1.82, 2.24) is 20.0 Å². The molecule has 3 aromatic rings. The molecule has 0 atom stereocenters. The van der Waals surface area contributed by atoms with Gasteiger partial charge in [0.25, 0.3) is 5.91 Å². The number of hydrogen-bond donors (Lipinski definition) is 1. The first-order valence-electron chi connectivity index (χ1n) is 10.8. The second-order valence-electron chi connectivity index (χ2n) is 8.16. The van der Waals surface area contributed by atoms with Gasteiger partial charge < -0.3 is 14.5 Å². The van der Waals surface area contributed by atoms with Crippen molar-refractivity contribution >= 4 is 11.8 Å². The second kappa shape index (κ2) is 9.26. The Hall–Kier alpha value is -3.61. The molecule has 1 fully saturated rings. The van der Waals surface area contributed by atoms with Gasteiger partial charge in [-0.1, -0.05) is 24.3 Å². The van der Waals surface area contributed by atoms with E-state index in [0.29, 0.717) is 38.3 Å². The lowest BCUT2D eigenvalue weighted by atomic mass is 10.0. The van der Waals surface area contributed by atoms with Crippen molar-refractivity contribution in [1.29, 1.82) is 0 Å². The van der Waals surface area contributed by atoms with Gasteiger partial charge in [-0.05, 0) is 54.8 Å². The van der Waals surface area contributed by atoms with Gasteiger partial charge in [0.15, 0.2) is 0 Å². The molecule has 32 heavy (non-hydrogen) atoms. The van der Waals surface area contributed by atoms with Gasteiger partial charge in [0, 0.05) is 31.7 Å². The molecule has 2 aromatic carbocycles. The highest BCUT2D eigenvalue weighted by Crippen LogP contribution is 2.22. The zero-order chi connectivity index (χ0) is 22.7. The third kappa shape index (κ3) is 4.66. The lowest BCUT2D eigenvalue weighted by Gasteiger charge is -2.34. The fraction of sp³-hybridized carbons (Fsp3) is 0.320. The summed E-state index contributed by atoms with van der Waals surface area (Å²) in [6.07, 6.45) is 0.345. The molecule has 4 rings (SSSR count). The smallest absolute Gasteiger partial charge is 0.272 e. The number of nitrogens with zero attached hydrogens (tertiary/aromatic N) is 3. The van der Waals surface area contributed by atoms with Crippen LogP contribution in [-0.4, -0.2) is 65.1 Å². The molecule has 7 heteroatoms. The highest BCUT2D eigenvalue weighted by Gasteiger charge is 2.26. The first-order chi connectivity index (χ1) is 15.4. The lowest BCUT2D eigenvalue weighted by molar-refractivity contribution is -0.131. The van der Waals surface area contributed by atoms with Crippen LogP contribution in [0, 0.1) is 13.8 Å². The number of aromatic amines is 1. The first kappa shape index (κ1) is 21.6. The third-order valence-electron chi connectivity index (χ3n) is 6.04. The fourth-order valence-electron chi connectivity index (χ4n) is 3.84. The number of benzene rings is 2. The molecule has 2 amide bonds. The van der Waals surface area contributed by atoms with E-state index in [0.717, 1.165) is 22.6 Å². The summed E-state index contributed by atoms with van der Waals surface area (Å²) in [7, 11) is 1.62. The Bertz CT molecular complexity index is 1110. The quantitative estimate of drug-likeness (QED) is 0.671. The largest absolute Gasteiger partial charge is 0.497 e. The minimum atomic E-state index is -0.0881. The van der Waals surface area contributed by atoms with Crippen molar-refractivity contribution < 1.29 is 14.3 Å². The zero-order valence-electron chi connectivity index (χ0n) is 18.7. The van der Waals surface area contributed by atoms with Crippen molar-refractivity contribution in [2.75, 3.05) is 33.3 Å². The van der Waals surface area contributed by atoms with E-state index in [2.05, 4.69) is 36.2 Å². The topological polar surface area (TPSA) is 78.5 Å². The van der Waals surface area contributed by atoms with Crippen LogP contribution in [0.25, 0.3) is 11.3 Å². The molecular formula is C25H28N4O3. The second-order valence-corrected chi connectivity index (χ2v) is 8.16. The Morgan fingerprint density at radius 1 is 0.938 bits per heavy atom. The Labute approximate surface area is 188 Å². The van der Waals surface area contributed by atoms with Crippen LogP contribution in [0.2, 0.25) is 0 Å². The highest BCUT2D eigenvalue weighted by molar-refractivity contribution is 5.93. The molecule has 2 heterocycles. The number of piperazine rings is 1. The summed E-state index contributed by atoms with van der Waals surface area (Å²) in [4.78, 5) is 29.2. The summed E-state index contributed by atoms with van der Waals surface area (Å²) >= 11 is 0. The maximum atomic E-state index is 12.9. The number of methoxy groups -OCH3 is 1. The zero-order valence-corrected chi connectivity index (χ0v) is 18.7. The van der Waals surface area contributed by atoms with Gasteiger partial charge in [0.2, 0.25) is 5.91 Å². The SMILES string of the molecule is COc1ccc(CC(=O)N2CCN(C(=O)c3cc(-c4ccc(C)c(C)c4)n[nH]3)CC2)cc1. The van der Waals surface area contributed by atoms with E-state index in [9.17, 15) is 9.59 Å². The molecule has 0 aliphatic carbocycles. The molecule has 0 spiro atoms. The van der Waals surface area contributed by atoms with Crippen LogP contribution in [-0.2, 0) is 11.2 Å². The Morgan fingerprint density at radius 2 is 1.62 bits per heavy atom. The molecule has 1 aliphatic heterocycles. The number of carbonyl (C=O) groups is 2. The van der Waals surface area contributed by atoms with Crippen molar-refractivity contribution in [3.8, 4) is 17.0 Å². The van der Waals surface area contributed by atoms with E-state index in [1.807, 2.05) is 35.2 Å². The van der Waals surface area contributed by atoms with Crippen molar-refractivity contribution in [2.24, 2.45) is 0 Å². The molecule has 7 nitrogen and oxygen atoms in total. The summed E-state index contributed by atoms with van der Waals surface area (Å²) in [5.41, 5.74) is 5.57. The van der Waals surface area contributed by atoms with Crippen LogP contribution < -0.4 is 4.74 Å². The van der Waals surface area contributed by atoms with Gasteiger partial charge in [-0.2, -0.15) is 5.10 Å². The van der Waals surface area contributed by atoms with Gasteiger partial charge in [-0.3, -0.25) is 14.7 Å². The van der Waals surface area contributed by atoms with Crippen LogP contribution in [0.3, 0.4) is 0 Å². The minimum Gasteiger partial charge on any atom is -0.497 e. The molecule has 1 N–H and O–H groups in total. The van der Waals surface area contributed by atoms with Crippen LogP contribution in [0.1, 0.15) is 27.2 Å². The monoisotopic (exact) mass is 432 g/mol. The van der Waals surface area contributed by atoms with E-state index in [4.69, 9.17) is 4.74 Å². The average molecular weight is 433 g/mol. The fourth-order valence-corrected chi connectivity index (χ4v) is 3.84. The number of nitrogens with one attached hydrogen (secondary N) is 1. The van der Waals surface area contributed by atoms with Gasteiger partial charge in [0.05, 0.1) is 19.2 Å². The average Bonchev–Trinajstić information content (AvgIpc) is 3.31. The molecule has 1 aliphatic rings. The maximum Gasteiger partial charge on any atom is 0.272 e. The molecule has 0 bridgehead atoms. The van der Waals surface area contributed by atoms with Crippen LogP contribution in [0.4, 0.5) is 0 Å². The Balaban J connectivity index is 1.33. The van der Waals surface area contributed by atoms with E-state index < -0.39 is 0 Å². The minimum absolute atomic E-state index is 0.0702. The molecule has 1 aromatic heterocycles. The molecule has 0 radical (unpaired) electrons. The predicted octanol–water partition coefficient (Wildman–Crippen LogP) is 3.23. The van der Waals surface area contributed by atoms with Gasteiger partial charge in [-0.25, -0.2) is 0 Å². The lowest BCUT2D eigenvalue weighted by Crippen LogP contribution is -2.51. The molecule has 0 saturated carbocycles. The molecule has 0 unspecified atom stereocenters. The Kier molecular flexibility index (Phi) is 6.25. The van der Waals surface area contributed by atoms with E-state index in [1.165, 1.54) is 11.1 Å². The van der Waals surface area contributed by atoms with Gasteiger partial charge in [-0.15, -0.1) is 0 Å². The van der Waals surface area contributed by atoms with Gasteiger partial charge in [0.1, 0.15) is 11.4 Å². The maximum absolute atomic E-state index is 12.9. The number of aromatic nitrogens is 2. The number of ether oxygens (including phenoxy) is 1. The van der Waals surface area contributed by atoms with Crippen LogP contribution >= 0.6 is 0 Å². The summed E-state index contributed by atoms with van der Waals surface area (Å²) in [5, 5.41) is 7.21. The predicted molar refractivity (Wildman–Crippen MR) is 123 cm³/mol. The summed E-state index contributed by atoms with van der Waals surface area (Å²) in [6, 6.07) is 15.5. The third-order valence-corrected chi connectivity index (χ3v) is 6.04.